The number of anilines is 1. The number of carbonyl (C=O) groups is 1. The van der Waals surface area contributed by atoms with Crippen molar-refractivity contribution in [3.8, 4) is 0 Å². The zero-order chi connectivity index (χ0) is 22.0. The molecule has 2 fully saturated rings. The van der Waals surface area contributed by atoms with Crippen LogP contribution in [0, 0.1) is 18.7 Å². The van der Waals surface area contributed by atoms with E-state index in [0.29, 0.717) is 17.1 Å². The Morgan fingerprint density at radius 1 is 1.03 bits per heavy atom. The average Bonchev–Trinajstić information content (AvgIpc) is 2.78. The molecule has 0 aromatic heterocycles. The molecule has 2 aliphatic heterocycles. The fourth-order valence-electron chi connectivity index (χ4n) is 4.59. The van der Waals surface area contributed by atoms with Crippen LogP contribution in [0.4, 0.5) is 10.1 Å². The number of hydrogen-bond donors (Lipinski definition) is 0. The topological polar surface area (TPSA) is 26.8 Å². The Kier molecular flexibility index (Phi) is 7.05. The van der Waals surface area contributed by atoms with Crippen molar-refractivity contribution in [1.29, 1.82) is 0 Å². The molecule has 0 unspecified atom stereocenters. The Bertz CT molecular complexity index is 918. The molecule has 166 valence electrons. The zero-order valence-electron chi connectivity index (χ0n) is 17.8. The van der Waals surface area contributed by atoms with Gasteiger partial charge in [-0.05, 0) is 62.7 Å². The van der Waals surface area contributed by atoms with E-state index in [1.807, 2.05) is 23.1 Å². The van der Waals surface area contributed by atoms with Gasteiger partial charge in [-0.2, -0.15) is 0 Å². The van der Waals surface area contributed by atoms with Gasteiger partial charge in [0.15, 0.2) is 0 Å². The number of likely N-dealkylation sites (tertiary alicyclic amines) is 1. The maximum atomic E-state index is 14.1. The third-order valence-corrected chi connectivity index (χ3v) is 7.07. The van der Waals surface area contributed by atoms with E-state index in [9.17, 15) is 9.18 Å². The summed E-state index contributed by atoms with van der Waals surface area (Å²) in [5.41, 5.74) is 2.90. The molecule has 4 rings (SSSR count). The highest BCUT2D eigenvalue weighted by Crippen LogP contribution is 2.28. The summed E-state index contributed by atoms with van der Waals surface area (Å²) in [4.78, 5) is 19.6. The minimum absolute atomic E-state index is 0.0480. The van der Waals surface area contributed by atoms with Gasteiger partial charge in [0.2, 0.25) is 5.91 Å². The molecule has 0 radical (unpaired) electrons. The summed E-state index contributed by atoms with van der Waals surface area (Å²) in [5, 5.41) is 1.20. The Labute approximate surface area is 193 Å². The number of nitrogens with zero attached hydrogens (tertiary/aromatic N) is 3. The van der Waals surface area contributed by atoms with Gasteiger partial charge < -0.3 is 9.80 Å². The molecule has 0 bridgehead atoms. The van der Waals surface area contributed by atoms with E-state index in [-0.39, 0.29) is 17.6 Å². The van der Waals surface area contributed by atoms with Gasteiger partial charge in [0.1, 0.15) is 5.82 Å². The highest BCUT2D eigenvalue weighted by molar-refractivity contribution is 6.31. The lowest BCUT2D eigenvalue weighted by atomic mass is 9.94. The predicted octanol–water partition coefficient (Wildman–Crippen LogP) is 5.00. The first kappa shape index (κ1) is 22.4. The number of benzene rings is 2. The summed E-state index contributed by atoms with van der Waals surface area (Å²) < 4.78 is 14.1. The number of piperazine rings is 1. The van der Waals surface area contributed by atoms with Crippen LogP contribution in [0.2, 0.25) is 10.0 Å². The molecule has 0 atom stereocenters. The number of piperidine rings is 1. The normalized spacial score (nSPS) is 18.5. The standard InChI is InChI=1S/C24H28Cl2FN3O/c1-17-5-6-19(25)15-23(17)29-11-13-30(14-12-29)24(31)18-7-9-28(10-8-18)16-20-21(26)3-2-4-22(20)27/h2-6,15,18H,7-14,16H2,1H3. The van der Waals surface area contributed by atoms with Crippen LogP contribution in [-0.4, -0.2) is 55.0 Å². The van der Waals surface area contributed by atoms with Crippen LogP contribution in [0.5, 0.6) is 0 Å². The first-order valence-corrected chi connectivity index (χ1v) is 11.6. The number of hydrogen-bond acceptors (Lipinski definition) is 3. The monoisotopic (exact) mass is 463 g/mol. The molecule has 4 nitrogen and oxygen atoms in total. The smallest absolute Gasteiger partial charge is 0.225 e. The Hall–Kier alpha value is -1.82. The Morgan fingerprint density at radius 3 is 2.42 bits per heavy atom. The Balaban J connectivity index is 1.28. The van der Waals surface area contributed by atoms with E-state index in [2.05, 4.69) is 16.7 Å². The van der Waals surface area contributed by atoms with Crippen LogP contribution < -0.4 is 4.90 Å². The maximum absolute atomic E-state index is 14.1. The van der Waals surface area contributed by atoms with Gasteiger partial charge in [0.05, 0.1) is 0 Å². The van der Waals surface area contributed by atoms with E-state index in [1.165, 1.54) is 11.6 Å². The fourth-order valence-corrected chi connectivity index (χ4v) is 4.98. The third kappa shape index (κ3) is 5.16. The predicted molar refractivity (Wildman–Crippen MR) is 124 cm³/mol. The molecule has 1 amide bonds. The van der Waals surface area contributed by atoms with Crippen molar-refractivity contribution in [2.45, 2.75) is 26.3 Å². The molecule has 2 saturated heterocycles. The van der Waals surface area contributed by atoms with Gasteiger partial charge in [-0.3, -0.25) is 9.69 Å². The largest absolute Gasteiger partial charge is 0.368 e. The van der Waals surface area contributed by atoms with Crippen molar-refractivity contribution in [3.63, 3.8) is 0 Å². The first-order valence-electron chi connectivity index (χ1n) is 10.9. The lowest BCUT2D eigenvalue weighted by Crippen LogP contribution is -2.51. The van der Waals surface area contributed by atoms with E-state index < -0.39 is 0 Å². The summed E-state index contributed by atoms with van der Waals surface area (Å²) in [6.45, 7) is 7.24. The molecular weight excluding hydrogens is 436 g/mol. The molecule has 0 aliphatic carbocycles. The molecule has 2 aliphatic rings. The molecule has 0 spiro atoms. The van der Waals surface area contributed by atoms with Gasteiger partial charge in [0, 0.05) is 59.9 Å². The first-order chi connectivity index (χ1) is 14.9. The second kappa shape index (κ2) is 9.76. The van der Waals surface area contributed by atoms with Crippen molar-refractivity contribution in [3.05, 3.63) is 63.4 Å². The second-order valence-corrected chi connectivity index (χ2v) is 9.34. The highest BCUT2D eigenvalue weighted by Gasteiger charge is 2.31. The minimum Gasteiger partial charge on any atom is -0.368 e. The van der Waals surface area contributed by atoms with E-state index in [1.54, 1.807) is 12.1 Å². The van der Waals surface area contributed by atoms with Gasteiger partial charge in [-0.1, -0.05) is 35.3 Å². The van der Waals surface area contributed by atoms with Crippen molar-refractivity contribution in [1.82, 2.24) is 9.80 Å². The van der Waals surface area contributed by atoms with Crippen molar-refractivity contribution < 1.29 is 9.18 Å². The van der Waals surface area contributed by atoms with Crippen LogP contribution in [-0.2, 0) is 11.3 Å². The SMILES string of the molecule is Cc1ccc(Cl)cc1N1CCN(C(=O)C2CCN(Cc3c(F)cccc3Cl)CC2)CC1. The molecule has 0 N–H and O–H groups in total. The highest BCUT2D eigenvalue weighted by atomic mass is 35.5. The summed E-state index contributed by atoms with van der Waals surface area (Å²) in [6, 6.07) is 10.7. The molecule has 2 aromatic rings. The molecule has 7 heteroatoms. The minimum atomic E-state index is -0.265. The van der Waals surface area contributed by atoms with Gasteiger partial charge >= 0.3 is 0 Å². The van der Waals surface area contributed by atoms with Crippen LogP contribution >= 0.6 is 23.2 Å². The number of halogens is 3. The van der Waals surface area contributed by atoms with Crippen LogP contribution in [0.3, 0.4) is 0 Å². The van der Waals surface area contributed by atoms with Crippen LogP contribution in [0.25, 0.3) is 0 Å². The van der Waals surface area contributed by atoms with Gasteiger partial charge in [-0.25, -0.2) is 4.39 Å². The van der Waals surface area contributed by atoms with Gasteiger partial charge in [0.25, 0.3) is 0 Å². The van der Waals surface area contributed by atoms with E-state index >= 15 is 0 Å². The summed E-state index contributed by atoms with van der Waals surface area (Å²) in [5.74, 6) is 0.0383. The summed E-state index contributed by atoms with van der Waals surface area (Å²) in [7, 11) is 0. The molecule has 0 saturated carbocycles. The molecule has 2 heterocycles. The van der Waals surface area contributed by atoms with Crippen LogP contribution in [0.1, 0.15) is 24.0 Å². The zero-order valence-corrected chi connectivity index (χ0v) is 19.3. The van der Waals surface area contributed by atoms with Crippen molar-refractivity contribution in [2.24, 2.45) is 5.92 Å². The average molecular weight is 464 g/mol. The van der Waals surface area contributed by atoms with E-state index in [0.717, 1.165) is 62.8 Å². The Morgan fingerprint density at radius 2 is 1.74 bits per heavy atom. The number of rotatable bonds is 4. The maximum Gasteiger partial charge on any atom is 0.225 e. The quantitative estimate of drug-likeness (QED) is 0.637. The lowest BCUT2D eigenvalue weighted by molar-refractivity contribution is -0.137. The lowest BCUT2D eigenvalue weighted by Gasteiger charge is -2.39. The summed E-state index contributed by atoms with van der Waals surface area (Å²) >= 11 is 12.3. The molecule has 31 heavy (non-hydrogen) atoms. The van der Waals surface area contributed by atoms with Crippen molar-refractivity contribution in [2.75, 3.05) is 44.2 Å². The van der Waals surface area contributed by atoms with Gasteiger partial charge in [-0.15, -0.1) is 0 Å². The molecular formula is C24H28Cl2FN3O. The van der Waals surface area contributed by atoms with E-state index in [4.69, 9.17) is 23.2 Å². The number of aryl methyl sites for hydroxylation is 1. The summed E-state index contributed by atoms with van der Waals surface area (Å²) in [6.07, 6.45) is 1.61. The third-order valence-electron chi connectivity index (χ3n) is 6.48. The molecule has 2 aromatic carbocycles. The fraction of sp³-hybridized carbons (Fsp3) is 0.458. The number of amides is 1. The second-order valence-electron chi connectivity index (χ2n) is 8.49. The van der Waals surface area contributed by atoms with Crippen molar-refractivity contribution >= 4 is 34.8 Å². The van der Waals surface area contributed by atoms with Crippen LogP contribution in [0.15, 0.2) is 36.4 Å². The number of carbonyl (C=O) groups excluding carboxylic acids is 1.